The Balaban J connectivity index is 1.40. The predicted molar refractivity (Wildman–Crippen MR) is 113 cm³/mol. The van der Waals surface area contributed by atoms with Gasteiger partial charge in [0, 0.05) is 38.0 Å². The van der Waals surface area contributed by atoms with E-state index in [9.17, 15) is 8.78 Å². The minimum absolute atomic E-state index is 0.142. The van der Waals surface area contributed by atoms with Crippen molar-refractivity contribution in [3.05, 3.63) is 33.5 Å². The predicted octanol–water partition coefficient (Wildman–Crippen LogP) is 3.07. The number of alkyl halides is 2. The molecule has 0 amide bonds. The van der Waals surface area contributed by atoms with Crippen LogP contribution in [0.4, 0.5) is 18.9 Å². The number of H-pyrrole nitrogens is 1. The quantitative estimate of drug-likeness (QED) is 0.600. The van der Waals surface area contributed by atoms with Gasteiger partial charge in [0.1, 0.15) is 15.8 Å². The number of tetrazole rings is 1. The average Bonchev–Trinajstić information content (AvgIpc) is 3.14. The van der Waals surface area contributed by atoms with Gasteiger partial charge < -0.3 is 4.90 Å². The summed E-state index contributed by atoms with van der Waals surface area (Å²) in [5.74, 6) is -3.74. The molecule has 1 aliphatic heterocycles. The van der Waals surface area contributed by atoms with Gasteiger partial charge in [-0.15, -0.1) is 31.7 Å². The van der Waals surface area contributed by atoms with Crippen molar-refractivity contribution in [3.8, 4) is 11.4 Å². The topological polar surface area (TPSA) is 86.7 Å². The Kier molecular flexibility index (Phi) is 5.36. The van der Waals surface area contributed by atoms with E-state index in [2.05, 4.69) is 47.5 Å². The van der Waals surface area contributed by atoms with E-state index < -0.39 is 17.7 Å². The second-order valence-corrected chi connectivity index (χ2v) is 9.82. The number of hydrogen-bond donors (Lipinski definition) is 1. The lowest BCUT2D eigenvalue weighted by Gasteiger charge is -2.41. The Morgan fingerprint density at radius 3 is 2.66 bits per heavy atom. The first-order valence-electron chi connectivity index (χ1n) is 10.5. The van der Waals surface area contributed by atoms with Crippen LogP contribution in [0.3, 0.4) is 0 Å². The summed E-state index contributed by atoms with van der Waals surface area (Å²) in [5, 5.41) is 24.0. The summed E-state index contributed by atoms with van der Waals surface area (Å²) >= 11 is 1.58. The van der Waals surface area contributed by atoms with Crippen molar-refractivity contribution in [2.75, 3.05) is 24.5 Å². The zero-order chi connectivity index (χ0) is 22.5. The van der Waals surface area contributed by atoms with Crippen LogP contribution in [0.1, 0.15) is 28.9 Å². The standard InChI is InChI=1S/C20H23F3N8S/c1-11-9-31(4-3-30(11)10-17-25-24-12(2)32-17)16-7-13(5-14-8-20(14,22)23)6-15(21)18(16)19-26-28-29-27-19/h6-7,11,14H,3-5,8-10H2,1-2H3,(H,26,27,28,29)/t11-,14+/m0/s1. The third-order valence-electron chi connectivity index (χ3n) is 6.15. The molecule has 0 spiro atoms. The number of piperazine rings is 1. The number of hydrogen-bond acceptors (Lipinski definition) is 8. The first-order valence-corrected chi connectivity index (χ1v) is 11.3. The molecule has 1 saturated heterocycles. The van der Waals surface area contributed by atoms with Gasteiger partial charge in [-0.1, -0.05) is 0 Å². The molecular weight excluding hydrogens is 441 g/mol. The maximum atomic E-state index is 15.2. The second kappa shape index (κ2) is 8.07. The maximum absolute atomic E-state index is 15.2. The van der Waals surface area contributed by atoms with Gasteiger partial charge in [0.15, 0.2) is 0 Å². The Morgan fingerprint density at radius 1 is 1.22 bits per heavy atom. The minimum Gasteiger partial charge on any atom is -0.368 e. The molecule has 3 aromatic rings. The fraction of sp³-hybridized carbons (Fsp3) is 0.550. The van der Waals surface area contributed by atoms with Crippen molar-refractivity contribution in [1.82, 2.24) is 35.7 Å². The van der Waals surface area contributed by atoms with Crippen LogP contribution in [-0.2, 0) is 13.0 Å². The highest BCUT2D eigenvalue weighted by Gasteiger charge is 2.56. The van der Waals surface area contributed by atoms with E-state index in [1.165, 1.54) is 6.07 Å². The number of nitrogens with zero attached hydrogens (tertiary/aromatic N) is 7. The van der Waals surface area contributed by atoms with E-state index in [-0.39, 0.29) is 30.3 Å². The molecule has 2 fully saturated rings. The van der Waals surface area contributed by atoms with Crippen molar-refractivity contribution in [1.29, 1.82) is 0 Å². The fourth-order valence-electron chi connectivity index (χ4n) is 4.30. The van der Waals surface area contributed by atoms with Crippen molar-refractivity contribution >= 4 is 17.0 Å². The summed E-state index contributed by atoms with van der Waals surface area (Å²) < 4.78 is 42.1. The van der Waals surface area contributed by atoms with Gasteiger partial charge in [-0.05, 0) is 43.2 Å². The van der Waals surface area contributed by atoms with Crippen molar-refractivity contribution in [3.63, 3.8) is 0 Å². The maximum Gasteiger partial charge on any atom is 0.251 e. The van der Waals surface area contributed by atoms with E-state index in [1.54, 1.807) is 17.4 Å². The third kappa shape index (κ3) is 4.20. The number of aryl methyl sites for hydroxylation is 1. The van der Waals surface area contributed by atoms with Crippen LogP contribution >= 0.6 is 11.3 Å². The number of aromatic amines is 1. The summed E-state index contributed by atoms with van der Waals surface area (Å²) in [6.07, 6.45) is 0.00665. The number of anilines is 1. The van der Waals surface area contributed by atoms with Crippen molar-refractivity contribution < 1.29 is 13.2 Å². The molecule has 1 aromatic carbocycles. The Labute approximate surface area is 186 Å². The largest absolute Gasteiger partial charge is 0.368 e. The van der Waals surface area contributed by atoms with Crippen LogP contribution in [0, 0.1) is 18.7 Å². The molecule has 12 heteroatoms. The summed E-state index contributed by atoms with van der Waals surface area (Å²) in [7, 11) is 0. The Bertz CT molecular complexity index is 1100. The van der Waals surface area contributed by atoms with Crippen molar-refractivity contribution in [2.24, 2.45) is 5.92 Å². The lowest BCUT2D eigenvalue weighted by Crippen LogP contribution is -2.51. The number of aromatic nitrogens is 6. The molecule has 2 aliphatic rings. The number of halogens is 3. The number of nitrogens with one attached hydrogen (secondary N) is 1. The lowest BCUT2D eigenvalue weighted by molar-refractivity contribution is 0.0989. The number of benzene rings is 1. The smallest absolute Gasteiger partial charge is 0.251 e. The fourth-order valence-corrected chi connectivity index (χ4v) is 5.04. The van der Waals surface area contributed by atoms with E-state index in [4.69, 9.17) is 0 Å². The highest BCUT2D eigenvalue weighted by Crippen LogP contribution is 2.50. The molecule has 5 rings (SSSR count). The normalized spacial score (nSPS) is 23.0. The van der Waals surface area contributed by atoms with Crippen LogP contribution in [0.15, 0.2) is 12.1 Å². The Morgan fingerprint density at radius 2 is 2.03 bits per heavy atom. The zero-order valence-electron chi connectivity index (χ0n) is 17.7. The van der Waals surface area contributed by atoms with Crippen molar-refractivity contribution in [2.45, 2.75) is 45.2 Å². The number of rotatable bonds is 6. The van der Waals surface area contributed by atoms with Gasteiger partial charge >= 0.3 is 0 Å². The van der Waals surface area contributed by atoms with E-state index in [0.717, 1.165) is 16.6 Å². The van der Waals surface area contributed by atoms with Gasteiger partial charge in [-0.2, -0.15) is 5.21 Å². The molecule has 2 atom stereocenters. The van der Waals surface area contributed by atoms with Crippen LogP contribution in [0.2, 0.25) is 0 Å². The molecule has 0 radical (unpaired) electrons. The van der Waals surface area contributed by atoms with Crippen LogP contribution in [-0.4, -0.2) is 67.3 Å². The molecule has 1 saturated carbocycles. The zero-order valence-corrected chi connectivity index (χ0v) is 18.5. The molecular formula is C20H23F3N8S. The first kappa shape index (κ1) is 21.3. The van der Waals surface area contributed by atoms with Gasteiger partial charge in [-0.3, -0.25) is 4.90 Å². The van der Waals surface area contributed by atoms with E-state index in [0.29, 0.717) is 30.9 Å². The monoisotopic (exact) mass is 464 g/mol. The molecule has 2 aromatic heterocycles. The SMILES string of the molecule is Cc1nnc(CN2CCN(c3cc(C[C@@H]4CC4(F)F)cc(F)c3-c3nn[nH]n3)C[C@@H]2C)s1. The summed E-state index contributed by atoms with van der Waals surface area (Å²) in [4.78, 5) is 4.39. The molecule has 32 heavy (non-hydrogen) atoms. The van der Waals surface area contributed by atoms with Crippen LogP contribution < -0.4 is 4.90 Å². The first-order chi connectivity index (χ1) is 15.3. The van der Waals surface area contributed by atoms with Gasteiger partial charge in [0.2, 0.25) is 5.82 Å². The molecule has 0 bridgehead atoms. The third-order valence-corrected chi connectivity index (χ3v) is 6.97. The Hall–Kier alpha value is -2.60. The van der Waals surface area contributed by atoms with Crippen LogP contribution in [0.5, 0.6) is 0 Å². The molecule has 3 heterocycles. The van der Waals surface area contributed by atoms with Gasteiger partial charge in [-0.25, -0.2) is 13.2 Å². The van der Waals surface area contributed by atoms with E-state index >= 15 is 4.39 Å². The highest BCUT2D eigenvalue weighted by molar-refractivity contribution is 7.11. The molecule has 8 nitrogen and oxygen atoms in total. The molecule has 1 aliphatic carbocycles. The molecule has 170 valence electrons. The van der Waals surface area contributed by atoms with E-state index in [1.807, 2.05) is 6.92 Å². The van der Waals surface area contributed by atoms with Gasteiger partial charge in [0.05, 0.1) is 17.8 Å². The molecule has 1 N–H and O–H groups in total. The summed E-state index contributed by atoms with van der Waals surface area (Å²) in [6, 6.07) is 3.30. The molecule has 0 unspecified atom stereocenters. The summed E-state index contributed by atoms with van der Waals surface area (Å²) in [6.45, 7) is 6.79. The summed E-state index contributed by atoms with van der Waals surface area (Å²) in [5.41, 5.74) is 1.42. The minimum atomic E-state index is -2.65. The average molecular weight is 465 g/mol. The van der Waals surface area contributed by atoms with Crippen LogP contribution in [0.25, 0.3) is 11.4 Å². The lowest BCUT2D eigenvalue weighted by atomic mass is 10.0. The highest BCUT2D eigenvalue weighted by atomic mass is 32.1. The second-order valence-electron chi connectivity index (χ2n) is 8.55. The van der Waals surface area contributed by atoms with Gasteiger partial charge in [0.25, 0.3) is 5.92 Å².